The Bertz CT molecular complexity index is 750. The van der Waals surface area contributed by atoms with E-state index in [0.29, 0.717) is 12.3 Å². The molecule has 112 valence electrons. The molecule has 3 rings (SSSR count). The first-order valence-electron chi connectivity index (χ1n) is 6.54. The SMILES string of the molecule is FC(F)(F)c1ccc(Cc2ccccc2-c2nnco2)cc1. The molecular weight excluding hydrogens is 293 g/mol. The zero-order valence-corrected chi connectivity index (χ0v) is 11.3. The summed E-state index contributed by atoms with van der Waals surface area (Å²) in [5.41, 5.74) is 1.81. The van der Waals surface area contributed by atoms with E-state index in [1.165, 1.54) is 18.5 Å². The van der Waals surface area contributed by atoms with Crippen molar-refractivity contribution in [3.63, 3.8) is 0 Å². The average molecular weight is 304 g/mol. The maximum Gasteiger partial charge on any atom is 0.416 e. The van der Waals surface area contributed by atoms with Crippen LogP contribution >= 0.6 is 0 Å². The third-order valence-electron chi connectivity index (χ3n) is 3.28. The van der Waals surface area contributed by atoms with E-state index in [-0.39, 0.29) is 0 Å². The summed E-state index contributed by atoms with van der Waals surface area (Å²) >= 11 is 0. The fourth-order valence-corrected chi connectivity index (χ4v) is 2.21. The van der Waals surface area contributed by atoms with Crippen LogP contribution in [0, 0.1) is 0 Å². The Labute approximate surface area is 124 Å². The van der Waals surface area contributed by atoms with Crippen molar-refractivity contribution in [3.8, 4) is 11.5 Å². The van der Waals surface area contributed by atoms with Crippen molar-refractivity contribution in [2.45, 2.75) is 12.6 Å². The largest absolute Gasteiger partial charge is 0.423 e. The quantitative estimate of drug-likeness (QED) is 0.722. The number of hydrogen-bond donors (Lipinski definition) is 0. The summed E-state index contributed by atoms with van der Waals surface area (Å²) in [4.78, 5) is 0. The van der Waals surface area contributed by atoms with Crippen LogP contribution in [0.5, 0.6) is 0 Å². The fourth-order valence-electron chi connectivity index (χ4n) is 2.21. The van der Waals surface area contributed by atoms with E-state index in [9.17, 15) is 13.2 Å². The van der Waals surface area contributed by atoms with Crippen LogP contribution in [0.3, 0.4) is 0 Å². The van der Waals surface area contributed by atoms with Gasteiger partial charge in [-0.05, 0) is 35.7 Å². The summed E-state index contributed by atoms with van der Waals surface area (Å²) in [6.45, 7) is 0. The van der Waals surface area contributed by atoms with Crippen molar-refractivity contribution in [1.29, 1.82) is 0 Å². The van der Waals surface area contributed by atoms with Gasteiger partial charge >= 0.3 is 6.18 Å². The lowest BCUT2D eigenvalue weighted by Crippen LogP contribution is -2.04. The minimum atomic E-state index is -4.32. The predicted molar refractivity (Wildman–Crippen MR) is 74.0 cm³/mol. The first-order valence-corrected chi connectivity index (χ1v) is 6.54. The summed E-state index contributed by atoms with van der Waals surface area (Å²) in [7, 11) is 0. The second kappa shape index (κ2) is 5.63. The Morgan fingerprint density at radius 1 is 0.955 bits per heavy atom. The van der Waals surface area contributed by atoms with Crippen LogP contribution in [0.2, 0.25) is 0 Å². The van der Waals surface area contributed by atoms with Crippen LogP contribution in [-0.4, -0.2) is 10.2 Å². The molecule has 0 bridgehead atoms. The standard InChI is InChI=1S/C16H11F3N2O/c17-16(18,19)13-7-5-11(6-8-13)9-12-3-1-2-4-14(12)15-21-20-10-22-15/h1-8,10H,9H2. The molecule has 2 aromatic carbocycles. The number of rotatable bonds is 3. The molecule has 0 aliphatic rings. The maximum atomic E-state index is 12.6. The molecule has 0 amide bonds. The number of hydrogen-bond acceptors (Lipinski definition) is 3. The Morgan fingerprint density at radius 2 is 1.68 bits per heavy atom. The average Bonchev–Trinajstić information content (AvgIpc) is 3.01. The van der Waals surface area contributed by atoms with Crippen molar-refractivity contribution in [2.24, 2.45) is 0 Å². The highest BCUT2D eigenvalue weighted by Crippen LogP contribution is 2.30. The van der Waals surface area contributed by atoms with Gasteiger partial charge in [0.1, 0.15) is 0 Å². The first-order chi connectivity index (χ1) is 10.5. The highest BCUT2D eigenvalue weighted by Gasteiger charge is 2.29. The molecule has 3 nitrogen and oxygen atoms in total. The predicted octanol–water partition coefficient (Wildman–Crippen LogP) is 4.35. The molecule has 0 saturated heterocycles. The lowest BCUT2D eigenvalue weighted by Gasteiger charge is -2.09. The van der Waals surface area contributed by atoms with E-state index in [1.54, 1.807) is 0 Å². The lowest BCUT2D eigenvalue weighted by molar-refractivity contribution is -0.137. The van der Waals surface area contributed by atoms with Crippen molar-refractivity contribution in [1.82, 2.24) is 10.2 Å². The van der Waals surface area contributed by atoms with Gasteiger partial charge in [-0.25, -0.2) is 0 Å². The highest BCUT2D eigenvalue weighted by atomic mass is 19.4. The Balaban J connectivity index is 1.88. The van der Waals surface area contributed by atoms with E-state index >= 15 is 0 Å². The topological polar surface area (TPSA) is 38.9 Å². The van der Waals surface area contributed by atoms with Crippen LogP contribution in [0.25, 0.3) is 11.5 Å². The molecule has 22 heavy (non-hydrogen) atoms. The van der Waals surface area contributed by atoms with Crippen LogP contribution in [0.1, 0.15) is 16.7 Å². The van der Waals surface area contributed by atoms with Gasteiger partial charge < -0.3 is 4.42 Å². The molecule has 0 fully saturated rings. The van der Waals surface area contributed by atoms with Gasteiger partial charge in [-0.1, -0.05) is 30.3 Å². The van der Waals surface area contributed by atoms with Gasteiger partial charge in [-0.3, -0.25) is 0 Å². The van der Waals surface area contributed by atoms with E-state index < -0.39 is 11.7 Å². The summed E-state index contributed by atoms with van der Waals surface area (Å²) < 4.78 is 42.9. The molecule has 1 aromatic heterocycles. The van der Waals surface area contributed by atoms with Crippen molar-refractivity contribution in [3.05, 3.63) is 71.6 Å². The normalized spacial score (nSPS) is 11.6. The first kappa shape index (κ1) is 14.3. The van der Waals surface area contributed by atoms with Crippen LogP contribution < -0.4 is 0 Å². The Morgan fingerprint density at radius 3 is 2.32 bits per heavy atom. The number of alkyl halides is 3. The second-order valence-corrected chi connectivity index (χ2v) is 4.77. The van der Waals surface area contributed by atoms with Gasteiger partial charge in [0.25, 0.3) is 0 Å². The van der Waals surface area contributed by atoms with E-state index in [0.717, 1.165) is 28.8 Å². The Kier molecular flexibility index (Phi) is 3.66. The minimum Gasteiger partial charge on any atom is -0.423 e. The minimum absolute atomic E-state index is 0.391. The van der Waals surface area contributed by atoms with Gasteiger partial charge in [0.05, 0.1) is 5.56 Å². The van der Waals surface area contributed by atoms with E-state index in [1.807, 2.05) is 24.3 Å². The molecule has 6 heteroatoms. The van der Waals surface area contributed by atoms with Gasteiger partial charge in [0, 0.05) is 5.56 Å². The summed E-state index contributed by atoms with van der Waals surface area (Å²) in [5.74, 6) is 0.391. The number of halogens is 3. The Hall–Kier alpha value is -2.63. The van der Waals surface area contributed by atoms with E-state index in [4.69, 9.17) is 4.42 Å². The molecule has 1 heterocycles. The number of aromatic nitrogens is 2. The molecule has 0 unspecified atom stereocenters. The molecular formula is C16H11F3N2O. The summed E-state index contributed by atoms with van der Waals surface area (Å²) in [6.07, 6.45) is -2.60. The maximum absolute atomic E-state index is 12.6. The summed E-state index contributed by atoms with van der Waals surface area (Å²) in [5, 5.41) is 7.51. The summed E-state index contributed by atoms with van der Waals surface area (Å²) in [6, 6.07) is 12.6. The van der Waals surface area contributed by atoms with Gasteiger partial charge in [0.15, 0.2) is 0 Å². The smallest absolute Gasteiger partial charge is 0.416 e. The molecule has 0 spiro atoms. The number of benzene rings is 2. The molecule has 0 saturated carbocycles. The second-order valence-electron chi connectivity index (χ2n) is 4.77. The number of nitrogens with zero attached hydrogens (tertiary/aromatic N) is 2. The molecule has 0 radical (unpaired) electrons. The van der Waals surface area contributed by atoms with Gasteiger partial charge in [-0.2, -0.15) is 13.2 Å². The van der Waals surface area contributed by atoms with Crippen LogP contribution in [0.15, 0.2) is 59.3 Å². The van der Waals surface area contributed by atoms with Crippen molar-refractivity contribution >= 4 is 0 Å². The molecule has 3 aromatic rings. The van der Waals surface area contributed by atoms with Crippen molar-refractivity contribution < 1.29 is 17.6 Å². The molecule has 0 aliphatic heterocycles. The third kappa shape index (κ3) is 3.00. The molecule has 0 N–H and O–H groups in total. The van der Waals surface area contributed by atoms with Gasteiger partial charge in [0.2, 0.25) is 12.3 Å². The third-order valence-corrected chi connectivity index (χ3v) is 3.28. The van der Waals surface area contributed by atoms with Crippen LogP contribution in [-0.2, 0) is 12.6 Å². The van der Waals surface area contributed by atoms with Gasteiger partial charge in [-0.15, -0.1) is 10.2 Å². The monoisotopic (exact) mass is 304 g/mol. The van der Waals surface area contributed by atoms with Crippen molar-refractivity contribution in [2.75, 3.05) is 0 Å². The zero-order valence-electron chi connectivity index (χ0n) is 11.3. The molecule has 0 aliphatic carbocycles. The lowest BCUT2D eigenvalue weighted by atomic mass is 9.99. The van der Waals surface area contributed by atoms with E-state index in [2.05, 4.69) is 10.2 Å². The fraction of sp³-hybridized carbons (Fsp3) is 0.125. The molecule has 0 atom stereocenters. The highest BCUT2D eigenvalue weighted by molar-refractivity contribution is 5.59. The zero-order chi connectivity index (χ0) is 15.6. The van der Waals surface area contributed by atoms with Crippen LogP contribution in [0.4, 0.5) is 13.2 Å².